The van der Waals surface area contributed by atoms with Crippen LogP contribution in [0.15, 0.2) is 53.6 Å². The molecule has 0 saturated carbocycles. The highest BCUT2D eigenvalue weighted by Crippen LogP contribution is 2.40. The van der Waals surface area contributed by atoms with Gasteiger partial charge < -0.3 is 29.4 Å². The van der Waals surface area contributed by atoms with E-state index in [-0.39, 0.29) is 36.6 Å². The first kappa shape index (κ1) is 26.3. The number of carbonyl (C=O) groups excluding carboxylic acids is 1. The minimum absolute atomic E-state index is 0.0134. The lowest BCUT2D eigenvalue weighted by Gasteiger charge is -2.36. The van der Waals surface area contributed by atoms with Crippen LogP contribution in [0.3, 0.4) is 0 Å². The summed E-state index contributed by atoms with van der Waals surface area (Å²) in [5.41, 5.74) is 0.404. The van der Waals surface area contributed by atoms with Crippen LogP contribution in [0.5, 0.6) is 0 Å². The van der Waals surface area contributed by atoms with E-state index in [1.807, 2.05) is 30.5 Å². The summed E-state index contributed by atoms with van der Waals surface area (Å²) in [6.07, 6.45) is 1.87. The van der Waals surface area contributed by atoms with Crippen LogP contribution in [-0.2, 0) is 30.3 Å². The van der Waals surface area contributed by atoms with Crippen molar-refractivity contribution in [2.45, 2.75) is 32.1 Å². The smallest absolute Gasteiger partial charge is 0.286 e. The van der Waals surface area contributed by atoms with Crippen LogP contribution in [0, 0.1) is 11.7 Å². The monoisotopic (exact) mass is 493 g/mol. The molecule has 1 aliphatic rings. The molecule has 2 heterocycles. The quantitative estimate of drug-likeness (QED) is 0.391. The molecule has 34 heavy (non-hydrogen) atoms. The van der Waals surface area contributed by atoms with E-state index in [1.54, 1.807) is 29.5 Å². The molecular weight excluding hydrogens is 461 g/mol. The van der Waals surface area contributed by atoms with Gasteiger partial charge in [-0.05, 0) is 36.9 Å². The number of amides is 1. The van der Waals surface area contributed by atoms with Crippen molar-refractivity contribution >= 4 is 17.2 Å². The van der Waals surface area contributed by atoms with Crippen LogP contribution < -0.4 is 5.32 Å². The molecule has 186 valence electrons. The average Bonchev–Trinajstić information content (AvgIpc) is 3.38. The standard InChI is InChI=1S/C25H32FNO6S/c1-2-32-25-19(9-11-30-13-14-31-12-10-28)20(23-8-5-15-34-23)16-22(33-25)24(29)27-17-18-6-3-4-7-21(18)26/h3-8,15-16,19-20,25,28H,2,9-14,17H2,1H3,(H,27,29)/t19-,20-,25+/m1/s1. The van der Waals surface area contributed by atoms with Gasteiger partial charge in [0.05, 0.1) is 26.4 Å². The van der Waals surface area contributed by atoms with Gasteiger partial charge in [0.1, 0.15) is 5.82 Å². The Morgan fingerprint density at radius 1 is 1.15 bits per heavy atom. The summed E-state index contributed by atoms with van der Waals surface area (Å²) in [4.78, 5) is 14.0. The van der Waals surface area contributed by atoms with Gasteiger partial charge in [0.2, 0.25) is 6.29 Å². The predicted octanol–water partition coefficient (Wildman–Crippen LogP) is 3.60. The third kappa shape index (κ3) is 7.61. The molecule has 0 aliphatic carbocycles. The highest BCUT2D eigenvalue weighted by molar-refractivity contribution is 7.10. The molecule has 1 amide bonds. The fourth-order valence-corrected chi connectivity index (χ4v) is 4.63. The second-order valence-electron chi connectivity index (χ2n) is 7.69. The van der Waals surface area contributed by atoms with Crippen molar-refractivity contribution in [3.63, 3.8) is 0 Å². The lowest BCUT2D eigenvalue weighted by Crippen LogP contribution is -2.39. The maximum Gasteiger partial charge on any atom is 0.286 e. The Balaban J connectivity index is 1.68. The van der Waals surface area contributed by atoms with Gasteiger partial charge in [0.25, 0.3) is 5.91 Å². The van der Waals surface area contributed by atoms with Crippen molar-refractivity contribution in [2.24, 2.45) is 5.92 Å². The molecule has 2 aromatic rings. The molecule has 0 fully saturated rings. The van der Waals surface area contributed by atoms with Gasteiger partial charge in [-0.2, -0.15) is 0 Å². The average molecular weight is 494 g/mol. The van der Waals surface area contributed by atoms with Gasteiger partial charge in [-0.1, -0.05) is 24.3 Å². The maximum atomic E-state index is 13.9. The lowest BCUT2D eigenvalue weighted by atomic mass is 9.85. The number of ether oxygens (including phenoxy) is 4. The molecule has 2 N–H and O–H groups in total. The summed E-state index contributed by atoms with van der Waals surface area (Å²) in [6.45, 7) is 3.96. The van der Waals surface area contributed by atoms with Gasteiger partial charge in [-0.25, -0.2) is 4.39 Å². The number of carbonyl (C=O) groups is 1. The van der Waals surface area contributed by atoms with Gasteiger partial charge in [-0.15, -0.1) is 11.3 Å². The van der Waals surface area contributed by atoms with Crippen molar-refractivity contribution < 1.29 is 33.2 Å². The first-order chi connectivity index (χ1) is 16.6. The summed E-state index contributed by atoms with van der Waals surface area (Å²) in [7, 11) is 0. The number of aliphatic hydroxyl groups excluding tert-OH is 1. The van der Waals surface area contributed by atoms with E-state index in [4.69, 9.17) is 24.1 Å². The number of allylic oxidation sites excluding steroid dienone is 1. The second kappa shape index (κ2) is 14.2. The number of hydrogen-bond donors (Lipinski definition) is 2. The van der Waals surface area contributed by atoms with Crippen LogP contribution in [0.2, 0.25) is 0 Å². The minimum atomic E-state index is -0.620. The fourth-order valence-electron chi connectivity index (χ4n) is 3.76. The van der Waals surface area contributed by atoms with Crippen LogP contribution >= 0.6 is 11.3 Å². The summed E-state index contributed by atoms with van der Waals surface area (Å²) < 4.78 is 36.7. The molecule has 0 unspecified atom stereocenters. The van der Waals surface area contributed by atoms with E-state index in [0.717, 1.165) is 4.88 Å². The molecule has 0 spiro atoms. The molecule has 7 nitrogen and oxygen atoms in total. The zero-order valence-electron chi connectivity index (χ0n) is 19.3. The lowest BCUT2D eigenvalue weighted by molar-refractivity contribution is -0.168. The first-order valence-corrected chi connectivity index (χ1v) is 12.3. The third-order valence-electron chi connectivity index (χ3n) is 5.41. The molecule has 9 heteroatoms. The Morgan fingerprint density at radius 2 is 1.94 bits per heavy atom. The van der Waals surface area contributed by atoms with Gasteiger partial charge in [0, 0.05) is 42.0 Å². The van der Waals surface area contributed by atoms with Crippen molar-refractivity contribution in [2.75, 3.05) is 39.6 Å². The van der Waals surface area contributed by atoms with Gasteiger partial charge >= 0.3 is 0 Å². The minimum Gasteiger partial charge on any atom is -0.459 e. The Bertz CT molecular complexity index is 907. The SMILES string of the molecule is CCO[C@H]1OC(C(=O)NCc2ccccc2F)=C[C@@H](c2cccs2)[C@H]1CCOCCOCCO. The molecule has 1 aromatic carbocycles. The molecule has 1 aliphatic heterocycles. The highest BCUT2D eigenvalue weighted by atomic mass is 32.1. The van der Waals surface area contributed by atoms with E-state index >= 15 is 0 Å². The predicted molar refractivity (Wildman–Crippen MR) is 127 cm³/mol. The zero-order chi connectivity index (χ0) is 24.2. The number of rotatable bonds is 14. The zero-order valence-corrected chi connectivity index (χ0v) is 20.1. The van der Waals surface area contributed by atoms with Gasteiger partial charge in [-0.3, -0.25) is 4.79 Å². The number of aliphatic hydroxyl groups is 1. The number of hydrogen-bond acceptors (Lipinski definition) is 7. The normalized spacial score (nSPS) is 20.0. The topological polar surface area (TPSA) is 86.3 Å². The second-order valence-corrected chi connectivity index (χ2v) is 8.67. The largest absolute Gasteiger partial charge is 0.459 e. The number of nitrogens with one attached hydrogen (secondary N) is 1. The fraction of sp³-hybridized carbons (Fsp3) is 0.480. The van der Waals surface area contributed by atoms with Crippen molar-refractivity contribution in [3.8, 4) is 0 Å². The van der Waals surface area contributed by atoms with E-state index in [1.165, 1.54) is 6.07 Å². The molecule has 0 saturated heterocycles. The summed E-state index contributed by atoms with van der Waals surface area (Å²) in [5.74, 6) is -0.756. The molecule has 0 bridgehead atoms. The molecular formula is C25H32FNO6S. The van der Waals surface area contributed by atoms with E-state index in [0.29, 0.717) is 45.0 Å². The van der Waals surface area contributed by atoms with E-state index < -0.39 is 12.2 Å². The van der Waals surface area contributed by atoms with Crippen molar-refractivity contribution in [3.05, 3.63) is 69.9 Å². The Hall–Kier alpha value is -2.30. The van der Waals surface area contributed by atoms with Gasteiger partial charge in [0.15, 0.2) is 5.76 Å². The van der Waals surface area contributed by atoms with E-state index in [2.05, 4.69) is 5.32 Å². The highest BCUT2D eigenvalue weighted by Gasteiger charge is 2.38. The molecule has 3 rings (SSSR count). The number of benzene rings is 1. The van der Waals surface area contributed by atoms with Crippen LogP contribution in [0.25, 0.3) is 0 Å². The summed E-state index contributed by atoms with van der Waals surface area (Å²) >= 11 is 1.61. The Labute approximate surface area is 203 Å². The van der Waals surface area contributed by atoms with Crippen LogP contribution in [-0.4, -0.2) is 56.9 Å². The third-order valence-corrected chi connectivity index (χ3v) is 6.39. The van der Waals surface area contributed by atoms with Crippen molar-refractivity contribution in [1.82, 2.24) is 5.32 Å². The first-order valence-electron chi connectivity index (χ1n) is 11.5. The molecule has 0 radical (unpaired) electrons. The maximum absolute atomic E-state index is 13.9. The Kier molecular flexibility index (Phi) is 11.0. The number of halogens is 1. The van der Waals surface area contributed by atoms with Crippen molar-refractivity contribution in [1.29, 1.82) is 0 Å². The summed E-state index contributed by atoms with van der Waals surface area (Å²) in [6, 6.07) is 10.3. The number of thiophene rings is 1. The molecule has 3 atom stereocenters. The van der Waals surface area contributed by atoms with Crippen LogP contribution in [0.1, 0.15) is 29.7 Å². The van der Waals surface area contributed by atoms with Crippen LogP contribution in [0.4, 0.5) is 4.39 Å². The summed E-state index contributed by atoms with van der Waals surface area (Å²) in [5, 5.41) is 13.5. The Morgan fingerprint density at radius 3 is 2.65 bits per heavy atom. The van der Waals surface area contributed by atoms with E-state index in [9.17, 15) is 9.18 Å². The molecule has 1 aromatic heterocycles.